The maximum atomic E-state index is 12.0. The van der Waals surface area contributed by atoms with E-state index in [1.807, 2.05) is 23.5 Å². The largest absolute Gasteiger partial charge is 0.440 e. The average molecular weight is 409 g/mol. The van der Waals surface area contributed by atoms with Gasteiger partial charge in [0.1, 0.15) is 0 Å². The summed E-state index contributed by atoms with van der Waals surface area (Å²) in [6.07, 6.45) is -4.58. The van der Waals surface area contributed by atoms with Crippen molar-refractivity contribution < 1.29 is 32.2 Å². The number of nitrogens with one attached hydrogen (secondary N) is 2. The van der Waals surface area contributed by atoms with E-state index in [2.05, 4.69) is 10.1 Å². The van der Waals surface area contributed by atoms with E-state index < -0.39 is 31.3 Å². The summed E-state index contributed by atoms with van der Waals surface area (Å²) in [5.41, 5.74) is 0.603. The summed E-state index contributed by atoms with van der Waals surface area (Å²) in [5, 5.41) is 5.28. The van der Waals surface area contributed by atoms with Crippen LogP contribution in [0.3, 0.4) is 0 Å². The lowest BCUT2D eigenvalue weighted by Gasteiger charge is -2.38. The van der Waals surface area contributed by atoms with Crippen molar-refractivity contribution in [3.8, 4) is 0 Å². The van der Waals surface area contributed by atoms with Crippen LogP contribution in [0, 0.1) is 0 Å². The van der Waals surface area contributed by atoms with Crippen molar-refractivity contribution in [3.63, 3.8) is 0 Å². The number of halogens is 4. The molecule has 2 N–H and O–H groups in total. The first-order valence-electron chi connectivity index (χ1n) is 8.28. The smallest absolute Gasteiger partial charge is 0.422 e. The van der Waals surface area contributed by atoms with Gasteiger partial charge in [-0.1, -0.05) is 23.7 Å². The molecule has 0 atom stereocenters. The second-order valence-corrected chi connectivity index (χ2v) is 6.66. The fraction of sp³-hybridized carbons (Fsp3) is 0.529. The molecule has 150 valence electrons. The zero-order chi connectivity index (χ0) is 19.9. The quantitative estimate of drug-likeness (QED) is 0.759. The van der Waals surface area contributed by atoms with Gasteiger partial charge in [0.25, 0.3) is 0 Å². The number of alkyl halides is 3. The molecule has 1 fully saturated rings. The summed E-state index contributed by atoms with van der Waals surface area (Å²) in [7, 11) is 0. The number of hydrogen-bond acceptors (Lipinski definition) is 4. The summed E-state index contributed by atoms with van der Waals surface area (Å²) >= 11 is 6.08. The van der Waals surface area contributed by atoms with Gasteiger partial charge in [-0.3, -0.25) is 4.79 Å². The van der Waals surface area contributed by atoms with E-state index >= 15 is 0 Å². The molecule has 0 radical (unpaired) electrons. The predicted molar refractivity (Wildman–Crippen MR) is 91.6 cm³/mol. The summed E-state index contributed by atoms with van der Waals surface area (Å²) < 4.78 is 45.3. The molecule has 0 saturated carbocycles. The number of alkyl carbamates (subject to hydrolysis) is 1. The highest BCUT2D eigenvalue weighted by molar-refractivity contribution is 6.30. The van der Waals surface area contributed by atoms with E-state index in [4.69, 9.17) is 16.3 Å². The number of amides is 2. The van der Waals surface area contributed by atoms with E-state index in [0.29, 0.717) is 31.1 Å². The molecule has 10 heteroatoms. The van der Waals surface area contributed by atoms with Crippen molar-refractivity contribution in [2.45, 2.75) is 24.4 Å². The second kappa shape index (κ2) is 9.27. The Morgan fingerprint density at radius 3 is 2.56 bits per heavy atom. The van der Waals surface area contributed by atoms with Crippen LogP contribution < -0.4 is 10.6 Å². The Bertz CT molecular complexity index is 664. The zero-order valence-corrected chi connectivity index (χ0v) is 15.2. The van der Waals surface area contributed by atoms with Crippen molar-refractivity contribution >= 4 is 23.6 Å². The van der Waals surface area contributed by atoms with Gasteiger partial charge in [-0.05, 0) is 30.5 Å². The van der Waals surface area contributed by atoms with Crippen LogP contribution in [0.1, 0.15) is 18.4 Å². The summed E-state index contributed by atoms with van der Waals surface area (Å²) in [6, 6.07) is 7.35. The molecule has 1 aliphatic rings. The Hall–Kier alpha value is -2.00. The van der Waals surface area contributed by atoms with Crippen LogP contribution in [0.2, 0.25) is 5.02 Å². The Morgan fingerprint density at radius 1 is 1.22 bits per heavy atom. The maximum absolute atomic E-state index is 12.0. The molecule has 1 aromatic rings. The molecule has 0 aromatic heterocycles. The number of hydrogen-bond donors (Lipinski definition) is 2. The monoisotopic (exact) mass is 408 g/mol. The lowest BCUT2D eigenvalue weighted by molar-refractivity contribution is -0.160. The predicted octanol–water partition coefficient (Wildman–Crippen LogP) is 2.79. The summed E-state index contributed by atoms with van der Waals surface area (Å²) in [6.45, 7) is -0.846. The molecule has 1 saturated heterocycles. The Morgan fingerprint density at radius 2 is 1.93 bits per heavy atom. The standard InChI is InChI=1S/C17H20ClF3N2O4/c18-13-3-1-2-12(8-13)16(4-6-26-7-5-16)10-23-14(24)9-22-15(25)27-11-17(19,20)21/h1-3,8H,4-7,9-11H2,(H,22,25)(H,23,24). The average Bonchev–Trinajstić information content (AvgIpc) is 2.63. The van der Waals surface area contributed by atoms with Crippen LogP contribution in [0.25, 0.3) is 0 Å². The third-order valence-corrected chi connectivity index (χ3v) is 4.51. The van der Waals surface area contributed by atoms with Gasteiger partial charge in [0, 0.05) is 30.2 Å². The molecule has 1 aromatic carbocycles. The molecule has 2 amide bonds. The highest BCUT2D eigenvalue weighted by Gasteiger charge is 2.35. The SMILES string of the molecule is O=C(CNC(=O)OCC(F)(F)F)NCC1(c2cccc(Cl)c2)CCOCC1. The fourth-order valence-electron chi connectivity index (χ4n) is 2.83. The van der Waals surface area contributed by atoms with Crippen molar-refractivity contribution in [2.24, 2.45) is 0 Å². The molecule has 1 aliphatic heterocycles. The van der Waals surface area contributed by atoms with Gasteiger partial charge in [0.05, 0.1) is 6.54 Å². The van der Waals surface area contributed by atoms with Crippen molar-refractivity contribution in [1.29, 1.82) is 0 Å². The normalized spacial score (nSPS) is 16.4. The molecule has 0 unspecified atom stereocenters. The third kappa shape index (κ3) is 6.91. The highest BCUT2D eigenvalue weighted by atomic mass is 35.5. The number of carbonyl (C=O) groups excluding carboxylic acids is 2. The molecule has 6 nitrogen and oxygen atoms in total. The molecule has 0 spiro atoms. The molecule has 0 bridgehead atoms. The maximum Gasteiger partial charge on any atom is 0.422 e. The lowest BCUT2D eigenvalue weighted by atomic mass is 9.74. The number of rotatable bonds is 6. The van der Waals surface area contributed by atoms with Crippen LogP contribution >= 0.6 is 11.6 Å². The molecule has 1 heterocycles. The van der Waals surface area contributed by atoms with Gasteiger partial charge in [-0.15, -0.1) is 0 Å². The Labute approximate surface area is 159 Å². The molecule has 0 aliphatic carbocycles. The van der Waals surface area contributed by atoms with Crippen LogP contribution in [-0.2, 0) is 19.7 Å². The van der Waals surface area contributed by atoms with Crippen molar-refractivity contribution in [1.82, 2.24) is 10.6 Å². The minimum Gasteiger partial charge on any atom is -0.440 e. The second-order valence-electron chi connectivity index (χ2n) is 6.22. The van der Waals surface area contributed by atoms with E-state index in [0.717, 1.165) is 5.56 Å². The minimum atomic E-state index is -4.62. The van der Waals surface area contributed by atoms with Crippen LogP contribution in [0.15, 0.2) is 24.3 Å². The first-order chi connectivity index (χ1) is 12.7. The Kier molecular flexibility index (Phi) is 7.32. The van der Waals surface area contributed by atoms with Crippen LogP contribution in [0.5, 0.6) is 0 Å². The van der Waals surface area contributed by atoms with Crippen LogP contribution in [0.4, 0.5) is 18.0 Å². The van der Waals surface area contributed by atoms with E-state index in [-0.39, 0.29) is 12.0 Å². The highest BCUT2D eigenvalue weighted by Crippen LogP contribution is 2.35. The topological polar surface area (TPSA) is 76.7 Å². The number of carbonyl (C=O) groups is 2. The summed E-state index contributed by atoms with van der Waals surface area (Å²) in [4.78, 5) is 23.1. The fourth-order valence-corrected chi connectivity index (χ4v) is 3.02. The first-order valence-corrected chi connectivity index (χ1v) is 8.66. The molecular formula is C17H20ClF3N2O4. The van der Waals surface area contributed by atoms with Gasteiger partial charge in [-0.25, -0.2) is 4.79 Å². The van der Waals surface area contributed by atoms with Gasteiger partial charge in [0.15, 0.2) is 6.61 Å². The van der Waals surface area contributed by atoms with E-state index in [1.165, 1.54) is 0 Å². The van der Waals surface area contributed by atoms with Gasteiger partial charge >= 0.3 is 12.3 Å². The van der Waals surface area contributed by atoms with E-state index in [9.17, 15) is 22.8 Å². The van der Waals surface area contributed by atoms with Crippen molar-refractivity contribution in [2.75, 3.05) is 32.9 Å². The first kappa shape index (κ1) is 21.3. The zero-order valence-electron chi connectivity index (χ0n) is 14.4. The van der Waals surface area contributed by atoms with E-state index in [1.54, 1.807) is 6.07 Å². The molecule has 2 rings (SSSR count). The summed E-state index contributed by atoms with van der Waals surface area (Å²) in [5.74, 6) is -0.535. The number of ether oxygens (including phenoxy) is 2. The van der Waals surface area contributed by atoms with Gasteiger partial charge in [0.2, 0.25) is 5.91 Å². The Balaban J connectivity index is 1.88. The molecule has 27 heavy (non-hydrogen) atoms. The molecular weight excluding hydrogens is 389 g/mol. The van der Waals surface area contributed by atoms with Crippen molar-refractivity contribution in [3.05, 3.63) is 34.9 Å². The van der Waals surface area contributed by atoms with Gasteiger partial charge in [-0.2, -0.15) is 13.2 Å². The van der Waals surface area contributed by atoms with Crippen LogP contribution in [-0.4, -0.2) is 51.1 Å². The minimum absolute atomic E-state index is 0.287. The van der Waals surface area contributed by atoms with Gasteiger partial charge < -0.3 is 20.1 Å². The number of benzene rings is 1. The lowest BCUT2D eigenvalue weighted by Crippen LogP contribution is -2.47. The third-order valence-electron chi connectivity index (χ3n) is 4.27.